The quantitative estimate of drug-likeness (QED) is 0.875. The highest BCUT2D eigenvalue weighted by Gasteiger charge is 2.16. The lowest BCUT2D eigenvalue weighted by molar-refractivity contribution is 0.0996. The molecule has 0 aromatic carbocycles. The monoisotopic (exact) mass is 307 g/mol. The molecule has 0 unspecified atom stereocenters. The predicted molar refractivity (Wildman–Crippen MR) is 79.0 cm³/mol. The minimum absolute atomic E-state index is 0.0343. The molecule has 3 N–H and O–H groups in total. The van der Waals surface area contributed by atoms with Crippen molar-refractivity contribution < 1.29 is 9.53 Å². The molecular formula is C13H14ClN5O2. The Morgan fingerprint density at radius 3 is 2.71 bits per heavy atom. The number of nitrogens with two attached hydrogens (primary N) is 1. The molecular weight excluding hydrogens is 294 g/mol. The molecule has 8 heteroatoms. The molecule has 2 aromatic heterocycles. The van der Waals surface area contributed by atoms with E-state index in [1.54, 1.807) is 12.1 Å². The lowest BCUT2D eigenvalue weighted by atomic mass is 10.3. The Bertz CT molecular complexity index is 660. The van der Waals surface area contributed by atoms with Crippen LogP contribution in [0.3, 0.4) is 0 Å². The van der Waals surface area contributed by atoms with Gasteiger partial charge in [0.2, 0.25) is 5.88 Å². The Kier molecular flexibility index (Phi) is 4.54. The summed E-state index contributed by atoms with van der Waals surface area (Å²) in [5.41, 5.74) is 6.48. The fraction of sp³-hybridized carbons (Fsp3) is 0.231. The number of aryl methyl sites for hydroxylation is 1. The van der Waals surface area contributed by atoms with Crippen molar-refractivity contribution in [2.75, 3.05) is 12.4 Å². The molecule has 0 saturated heterocycles. The van der Waals surface area contributed by atoms with Crippen LogP contribution < -0.4 is 15.8 Å². The number of nitrogens with zero attached hydrogens (tertiary/aromatic N) is 3. The van der Waals surface area contributed by atoms with E-state index in [-0.39, 0.29) is 16.7 Å². The van der Waals surface area contributed by atoms with Gasteiger partial charge in [0.05, 0.1) is 24.7 Å². The standard InChI is InChI=1S/C13H14ClN5O2/c1-3-8-11(14)19-13(10(18-8)12(15)20)17-7-4-5-9(21-2)16-6-7/h4-6H,3H2,1-2H3,(H2,15,20)(H,17,19). The van der Waals surface area contributed by atoms with Crippen LogP contribution in [0.4, 0.5) is 11.5 Å². The van der Waals surface area contributed by atoms with Crippen molar-refractivity contribution in [3.05, 3.63) is 34.9 Å². The van der Waals surface area contributed by atoms with Gasteiger partial charge in [-0.05, 0) is 12.5 Å². The van der Waals surface area contributed by atoms with Crippen LogP contribution in [0.5, 0.6) is 5.88 Å². The third kappa shape index (κ3) is 3.38. The van der Waals surface area contributed by atoms with Gasteiger partial charge in [0.15, 0.2) is 16.7 Å². The fourth-order valence-electron chi connectivity index (χ4n) is 1.65. The van der Waals surface area contributed by atoms with Crippen LogP contribution in [-0.4, -0.2) is 28.0 Å². The summed E-state index contributed by atoms with van der Waals surface area (Å²) in [5, 5.41) is 3.15. The number of ether oxygens (including phenoxy) is 1. The number of rotatable bonds is 5. The first-order valence-electron chi connectivity index (χ1n) is 6.18. The molecule has 0 aliphatic heterocycles. The van der Waals surface area contributed by atoms with Crippen LogP contribution in [0.25, 0.3) is 0 Å². The molecule has 0 aliphatic carbocycles. The summed E-state index contributed by atoms with van der Waals surface area (Å²) in [4.78, 5) is 23.8. The maximum Gasteiger partial charge on any atom is 0.271 e. The Hall–Kier alpha value is -2.41. The van der Waals surface area contributed by atoms with Gasteiger partial charge in [-0.3, -0.25) is 4.79 Å². The zero-order valence-electron chi connectivity index (χ0n) is 11.6. The van der Waals surface area contributed by atoms with Crippen molar-refractivity contribution in [2.45, 2.75) is 13.3 Å². The number of primary amides is 1. The normalized spacial score (nSPS) is 10.2. The maximum absolute atomic E-state index is 11.5. The second kappa shape index (κ2) is 6.36. The number of pyridine rings is 1. The number of hydrogen-bond acceptors (Lipinski definition) is 6. The number of methoxy groups -OCH3 is 1. The van der Waals surface area contributed by atoms with Crippen molar-refractivity contribution in [3.8, 4) is 5.88 Å². The zero-order valence-corrected chi connectivity index (χ0v) is 12.3. The fourth-order valence-corrected chi connectivity index (χ4v) is 1.91. The van der Waals surface area contributed by atoms with Crippen LogP contribution >= 0.6 is 11.6 Å². The summed E-state index contributed by atoms with van der Waals surface area (Å²) < 4.78 is 4.97. The van der Waals surface area contributed by atoms with Crippen molar-refractivity contribution >= 4 is 29.0 Å². The number of halogens is 1. The Labute approximate surface area is 126 Å². The molecule has 0 radical (unpaired) electrons. The van der Waals surface area contributed by atoms with E-state index in [0.717, 1.165) is 0 Å². The molecule has 0 spiro atoms. The van der Waals surface area contributed by atoms with Crippen LogP contribution in [-0.2, 0) is 6.42 Å². The lowest BCUT2D eigenvalue weighted by Gasteiger charge is -2.11. The van der Waals surface area contributed by atoms with Gasteiger partial charge in [0.25, 0.3) is 5.91 Å². The minimum Gasteiger partial charge on any atom is -0.481 e. The highest BCUT2D eigenvalue weighted by Crippen LogP contribution is 2.22. The molecule has 0 aliphatic rings. The van der Waals surface area contributed by atoms with E-state index < -0.39 is 5.91 Å². The molecule has 2 heterocycles. The number of anilines is 2. The third-order valence-corrected chi connectivity index (χ3v) is 3.00. The number of aromatic nitrogens is 3. The first-order valence-corrected chi connectivity index (χ1v) is 6.56. The summed E-state index contributed by atoms with van der Waals surface area (Å²) in [6, 6.07) is 3.39. The second-order valence-electron chi connectivity index (χ2n) is 4.09. The van der Waals surface area contributed by atoms with Gasteiger partial charge in [-0.2, -0.15) is 0 Å². The van der Waals surface area contributed by atoms with E-state index in [2.05, 4.69) is 20.3 Å². The summed E-state index contributed by atoms with van der Waals surface area (Å²) in [6.07, 6.45) is 2.09. The predicted octanol–water partition coefficient (Wildman–Crippen LogP) is 1.94. The lowest BCUT2D eigenvalue weighted by Crippen LogP contribution is -2.18. The van der Waals surface area contributed by atoms with Gasteiger partial charge in [0.1, 0.15) is 0 Å². The summed E-state index contributed by atoms with van der Waals surface area (Å²) in [6.45, 7) is 1.86. The summed E-state index contributed by atoms with van der Waals surface area (Å²) in [7, 11) is 1.52. The van der Waals surface area contributed by atoms with Crippen LogP contribution in [0.1, 0.15) is 23.1 Å². The molecule has 2 aromatic rings. The van der Waals surface area contributed by atoms with Crippen molar-refractivity contribution in [3.63, 3.8) is 0 Å². The highest BCUT2D eigenvalue weighted by molar-refractivity contribution is 6.30. The number of carbonyl (C=O) groups excluding carboxylic acids is 1. The van der Waals surface area contributed by atoms with E-state index >= 15 is 0 Å². The molecule has 110 valence electrons. The molecule has 0 saturated carbocycles. The van der Waals surface area contributed by atoms with Gasteiger partial charge in [-0.1, -0.05) is 18.5 Å². The number of nitrogens with one attached hydrogen (secondary N) is 1. The molecule has 0 fully saturated rings. The molecule has 1 amide bonds. The summed E-state index contributed by atoms with van der Waals surface area (Å²) >= 11 is 6.02. The van der Waals surface area contributed by atoms with E-state index in [4.69, 9.17) is 22.1 Å². The SMILES string of the molecule is CCc1nc(C(N)=O)c(Nc2ccc(OC)nc2)nc1Cl. The van der Waals surface area contributed by atoms with Crippen molar-refractivity contribution in [1.29, 1.82) is 0 Å². The van der Waals surface area contributed by atoms with E-state index in [0.29, 0.717) is 23.7 Å². The van der Waals surface area contributed by atoms with Crippen molar-refractivity contribution in [2.24, 2.45) is 5.73 Å². The molecule has 0 bridgehead atoms. The van der Waals surface area contributed by atoms with Gasteiger partial charge in [0, 0.05) is 6.07 Å². The summed E-state index contributed by atoms with van der Waals surface area (Å²) in [5.74, 6) is -0.0179. The smallest absolute Gasteiger partial charge is 0.271 e. The van der Waals surface area contributed by atoms with Gasteiger partial charge >= 0.3 is 0 Å². The minimum atomic E-state index is -0.683. The van der Waals surface area contributed by atoms with Crippen LogP contribution in [0, 0.1) is 0 Å². The maximum atomic E-state index is 11.5. The third-order valence-electron chi connectivity index (χ3n) is 2.70. The Morgan fingerprint density at radius 1 is 1.43 bits per heavy atom. The average molecular weight is 308 g/mol. The number of hydrogen-bond donors (Lipinski definition) is 2. The van der Waals surface area contributed by atoms with E-state index in [1.165, 1.54) is 13.3 Å². The zero-order chi connectivity index (χ0) is 15.4. The van der Waals surface area contributed by atoms with Gasteiger partial charge < -0.3 is 15.8 Å². The Balaban J connectivity index is 2.37. The first-order chi connectivity index (χ1) is 10.0. The second-order valence-corrected chi connectivity index (χ2v) is 4.45. The number of amides is 1. The van der Waals surface area contributed by atoms with Crippen LogP contribution in [0.2, 0.25) is 5.15 Å². The van der Waals surface area contributed by atoms with E-state index in [1.807, 2.05) is 6.92 Å². The molecule has 0 atom stereocenters. The number of carbonyl (C=O) groups is 1. The Morgan fingerprint density at radius 2 is 2.19 bits per heavy atom. The largest absolute Gasteiger partial charge is 0.481 e. The molecule has 21 heavy (non-hydrogen) atoms. The average Bonchev–Trinajstić information content (AvgIpc) is 2.48. The van der Waals surface area contributed by atoms with Crippen LogP contribution in [0.15, 0.2) is 18.3 Å². The topological polar surface area (TPSA) is 103 Å². The molecule has 7 nitrogen and oxygen atoms in total. The van der Waals surface area contributed by atoms with E-state index in [9.17, 15) is 4.79 Å². The van der Waals surface area contributed by atoms with Gasteiger partial charge in [-0.15, -0.1) is 0 Å². The molecule has 2 rings (SSSR count). The first kappa shape index (κ1) is 15.0. The van der Waals surface area contributed by atoms with Crippen molar-refractivity contribution in [1.82, 2.24) is 15.0 Å². The highest BCUT2D eigenvalue weighted by atomic mass is 35.5. The van der Waals surface area contributed by atoms with Gasteiger partial charge in [-0.25, -0.2) is 15.0 Å².